The molecular weight excluding hydrogens is 290 g/mol. The second-order valence-electron chi connectivity index (χ2n) is 6.51. The van der Waals surface area contributed by atoms with Crippen LogP contribution in [0.25, 0.3) is 0 Å². The summed E-state index contributed by atoms with van der Waals surface area (Å²) in [6.45, 7) is 8.84. The zero-order chi connectivity index (χ0) is 17.0. The summed E-state index contributed by atoms with van der Waals surface area (Å²) in [6, 6.07) is 0. The molecule has 1 spiro atoms. The second kappa shape index (κ2) is 7.54. The summed E-state index contributed by atoms with van der Waals surface area (Å²) < 4.78 is 6.35. The van der Waals surface area contributed by atoms with Crippen LogP contribution in [-0.2, 0) is 17.7 Å². The van der Waals surface area contributed by atoms with Gasteiger partial charge in [-0.15, -0.1) is 0 Å². The third-order valence-electron chi connectivity index (χ3n) is 5.24. The van der Waals surface area contributed by atoms with E-state index in [2.05, 4.69) is 24.2 Å². The van der Waals surface area contributed by atoms with Crippen molar-refractivity contribution in [2.24, 2.45) is 0 Å². The molecule has 2 N–H and O–H groups in total. The number of rotatable bonds is 3. The van der Waals surface area contributed by atoms with Crippen molar-refractivity contribution in [1.82, 2.24) is 5.48 Å². The number of aromatic hydroxyl groups is 1. The smallest absolute Gasteiger partial charge is 0.127 e. The first-order valence-corrected chi connectivity index (χ1v) is 8.81. The molecule has 130 valence electrons. The molecule has 3 rings (SSSR count). The van der Waals surface area contributed by atoms with Gasteiger partial charge in [0.15, 0.2) is 0 Å². The molecule has 4 heteroatoms. The Labute approximate surface area is 140 Å². The van der Waals surface area contributed by atoms with Crippen LogP contribution in [0.5, 0.6) is 11.5 Å². The van der Waals surface area contributed by atoms with Crippen molar-refractivity contribution in [3.8, 4) is 11.5 Å². The number of phenolic OH excluding ortho intramolecular Hbond substituents is 1. The van der Waals surface area contributed by atoms with Crippen LogP contribution in [0, 0.1) is 13.8 Å². The maximum Gasteiger partial charge on any atom is 0.127 e. The predicted octanol–water partition coefficient (Wildman–Crippen LogP) is 3.98. The molecule has 1 aliphatic carbocycles. The Morgan fingerprint density at radius 1 is 1.17 bits per heavy atom. The zero-order valence-corrected chi connectivity index (χ0v) is 15.2. The van der Waals surface area contributed by atoms with Crippen LogP contribution in [0.2, 0.25) is 0 Å². The minimum Gasteiger partial charge on any atom is -0.507 e. The number of nitrogens with one attached hydrogen (secondary N) is 1. The van der Waals surface area contributed by atoms with Crippen LogP contribution in [0.1, 0.15) is 61.8 Å². The SMILES string of the molecule is CCONC.CCc1c(O)c(C)c(C)c2c1CCC1(CCC1)O2. The van der Waals surface area contributed by atoms with Crippen molar-refractivity contribution < 1.29 is 14.7 Å². The second-order valence-corrected chi connectivity index (χ2v) is 6.51. The molecular formula is C19H31NO3. The maximum atomic E-state index is 10.3. The molecule has 0 aromatic heterocycles. The van der Waals surface area contributed by atoms with Gasteiger partial charge in [0.25, 0.3) is 0 Å². The molecule has 1 aromatic rings. The Kier molecular flexibility index (Phi) is 5.93. The van der Waals surface area contributed by atoms with Crippen molar-refractivity contribution in [2.45, 2.75) is 71.8 Å². The average Bonchev–Trinajstić information content (AvgIpc) is 2.53. The number of ether oxygens (including phenoxy) is 1. The van der Waals surface area contributed by atoms with Crippen molar-refractivity contribution in [3.63, 3.8) is 0 Å². The van der Waals surface area contributed by atoms with Crippen molar-refractivity contribution in [1.29, 1.82) is 0 Å². The van der Waals surface area contributed by atoms with Gasteiger partial charge < -0.3 is 14.7 Å². The Morgan fingerprint density at radius 2 is 1.87 bits per heavy atom. The monoisotopic (exact) mass is 321 g/mol. The number of benzene rings is 1. The fourth-order valence-electron chi connectivity index (χ4n) is 3.55. The predicted molar refractivity (Wildman–Crippen MR) is 93.2 cm³/mol. The number of phenols is 1. The summed E-state index contributed by atoms with van der Waals surface area (Å²) in [7, 11) is 1.74. The fourth-order valence-corrected chi connectivity index (χ4v) is 3.55. The first kappa shape index (κ1) is 18.1. The Hall–Kier alpha value is -1.26. The molecule has 0 atom stereocenters. The zero-order valence-electron chi connectivity index (χ0n) is 15.2. The van der Waals surface area contributed by atoms with Gasteiger partial charge in [0.05, 0.1) is 6.61 Å². The number of hydrogen-bond donors (Lipinski definition) is 2. The molecule has 4 nitrogen and oxygen atoms in total. The van der Waals surface area contributed by atoms with E-state index in [-0.39, 0.29) is 5.60 Å². The van der Waals surface area contributed by atoms with Crippen LogP contribution in [0.15, 0.2) is 0 Å². The summed E-state index contributed by atoms with van der Waals surface area (Å²) in [6.07, 6.45) is 6.76. The third-order valence-corrected chi connectivity index (χ3v) is 5.24. The van der Waals surface area contributed by atoms with Gasteiger partial charge in [0.2, 0.25) is 0 Å². The number of hydroxylamine groups is 1. The molecule has 0 saturated heterocycles. The van der Waals surface area contributed by atoms with Gasteiger partial charge in [-0.3, -0.25) is 0 Å². The lowest BCUT2D eigenvalue weighted by Gasteiger charge is -2.46. The number of hydrogen-bond acceptors (Lipinski definition) is 4. The molecule has 0 bridgehead atoms. The normalized spacial score (nSPS) is 17.6. The summed E-state index contributed by atoms with van der Waals surface area (Å²) in [4.78, 5) is 4.58. The van der Waals surface area contributed by atoms with Gasteiger partial charge in [-0.2, -0.15) is 0 Å². The summed E-state index contributed by atoms with van der Waals surface area (Å²) in [5, 5.41) is 10.3. The fraction of sp³-hybridized carbons (Fsp3) is 0.684. The lowest BCUT2D eigenvalue weighted by molar-refractivity contribution is -0.0258. The highest BCUT2D eigenvalue weighted by Crippen LogP contribution is 2.49. The van der Waals surface area contributed by atoms with E-state index in [0.717, 1.165) is 48.3 Å². The minimum absolute atomic E-state index is 0.131. The summed E-state index contributed by atoms with van der Waals surface area (Å²) >= 11 is 0. The van der Waals surface area contributed by atoms with E-state index < -0.39 is 0 Å². The minimum atomic E-state index is 0.131. The molecule has 0 radical (unpaired) electrons. The summed E-state index contributed by atoms with van der Waals surface area (Å²) in [5.41, 5.74) is 7.13. The van der Waals surface area contributed by atoms with E-state index in [1.54, 1.807) is 7.05 Å². The first-order valence-electron chi connectivity index (χ1n) is 8.81. The molecule has 1 aliphatic heterocycles. The molecule has 23 heavy (non-hydrogen) atoms. The third kappa shape index (κ3) is 3.48. The molecule has 1 saturated carbocycles. The van der Waals surface area contributed by atoms with Crippen LogP contribution in [0.3, 0.4) is 0 Å². The molecule has 2 aliphatic rings. The quantitative estimate of drug-likeness (QED) is 0.827. The van der Waals surface area contributed by atoms with E-state index >= 15 is 0 Å². The van der Waals surface area contributed by atoms with Gasteiger partial charge in [0.1, 0.15) is 17.1 Å². The van der Waals surface area contributed by atoms with Gasteiger partial charge in [-0.25, -0.2) is 5.48 Å². The molecule has 1 heterocycles. The van der Waals surface area contributed by atoms with Crippen LogP contribution in [-0.4, -0.2) is 24.4 Å². The largest absolute Gasteiger partial charge is 0.507 e. The van der Waals surface area contributed by atoms with Crippen molar-refractivity contribution >= 4 is 0 Å². The van der Waals surface area contributed by atoms with Crippen LogP contribution >= 0.6 is 0 Å². The lowest BCUT2D eigenvalue weighted by Crippen LogP contribution is -2.46. The molecule has 1 fully saturated rings. The van der Waals surface area contributed by atoms with E-state index in [1.165, 1.54) is 24.8 Å². The Bertz CT molecular complexity index is 548. The standard InChI is InChI=1S/C16H22O2.C3H9NO/c1-4-12-13-6-9-16(7-5-8-16)18-15(13)11(3)10(2)14(12)17;1-3-5-4-2/h17H,4-9H2,1-3H3;4H,3H2,1-2H3. The molecule has 1 aromatic carbocycles. The van der Waals surface area contributed by atoms with Crippen LogP contribution in [0.4, 0.5) is 0 Å². The molecule has 0 unspecified atom stereocenters. The van der Waals surface area contributed by atoms with Gasteiger partial charge in [0, 0.05) is 18.2 Å². The highest BCUT2D eigenvalue weighted by molar-refractivity contribution is 5.59. The Morgan fingerprint density at radius 3 is 2.30 bits per heavy atom. The van der Waals surface area contributed by atoms with Gasteiger partial charge in [-0.1, -0.05) is 6.92 Å². The Balaban J connectivity index is 0.000000338. The van der Waals surface area contributed by atoms with Gasteiger partial charge >= 0.3 is 0 Å². The van der Waals surface area contributed by atoms with Gasteiger partial charge in [-0.05, 0) is 70.4 Å². The highest BCUT2D eigenvalue weighted by Gasteiger charge is 2.43. The lowest BCUT2D eigenvalue weighted by atomic mass is 9.73. The van der Waals surface area contributed by atoms with E-state index in [1.807, 2.05) is 13.8 Å². The first-order chi connectivity index (χ1) is 11.0. The maximum absolute atomic E-state index is 10.3. The summed E-state index contributed by atoms with van der Waals surface area (Å²) in [5.74, 6) is 1.56. The van der Waals surface area contributed by atoms with E-state index in [9.17, 15) is 5.11 Å². The number of fused-ring (bicyclic) bond motifs is 1. The van der Waals surface area contributed by atoms with Crippen molar-refractivity contribution in [3.05, 3.63) is 22.3 Å². The topological polar surface area (TPSA) is 50.7 Å². The average molecular weight is 321 g/mol. The van der Waals surface area contributed by atoms with E-state index in [0.29, 0.717) is 5.75 Å². The highest BCUT2D eigenvalue weighted by atomic mass is 16.6. The van der Waals surface area contributed by atoms with E-state index in [4.69, 9.17) is 4.74 Å². The van der Waals surface area contributed by atoms with Crippen LogP contribution < -0.4 is 10.2 Å². The molecule has 0 amide bonds. The van der Waals surface area contributed by atoms with Crippen molar-refractivity contribution in [2.75, 3.05) is 13.7 Å².